The van der Waals surface area contributed by atoms with Gasteiger partial charge >= 0.3 is 0 Å². The van der Waals surface area contributed by atoms with Crippen molar-refractivity contribution in [1.82, 2.24) is 19.8 Å². The lowest BCUT2D eigenvalue weighted by Crippen LogP contribution is -2.48. The molecule has 0 bridgehead atoms. The van der Waals surface area contributed by atoms with Crippen molar-refractivity contribution in [2.45, 2.75) is 77.2 Å². The Morgan fingerprint density at radius 3 is 2.57 bits per heavy atom. The fraction of sp³-hybridized carbons (Fsp3) is 0.571. The second kappa shape index (κ2) is 13.6. The summed E-state index contributed by atoms with van der Waals surface area (Å²) in [5, 5.41) is 2.48. The summed E-state index contributed by atoms with van der Waals surface area (Å²) in [5.41, 5.74) is 4.12. The van der Waals surface area contributed by atoms with E-state index in [-0.39, 0.29) is 17.7 Å². The molecule has 3 aromatic rings. The molecule has 1 N–H and O–H groups in total. The number of imide groups is 1. The van der Waals surface area contributed by atoms with Crippen LogP contribution in [0.1, 0.15) is 75.3 Å². The third-order valence-corrected chi connectivity index (χ3v) is 11.0. The second-order valence-corrected chi connectivity index (χ2v) is 14.2. The summed E-state index contributed by atoms with van der Waals surface area (Å²) in [6.07, 6.45) is 8.78. The van der Waals surface area contributed by atoms with Crippen LogP contribution in [0, 0.1) is 18.8 Å². The summed E-state index contributed by atoms with van der Waals surface area (Å²) in [4.78, 5) is 34.0. The first-order valence-corrected chi connectivity index (χ1v) is 17.2. The van der Waals surface area contributed by atoms with Crippen molar-refractivity contribution in [2.75, 3.05) is 37.6 Å². The number of amides is 2. The van der Waals surface area contributed by atoms with E-state index in [1.807, 2.05) is 12.1 Å². The molecule has 9 heteroatoms. The lowest BCUT2D eigenvalue weighted by molar-refractivity contribution is -0.134. The maximum Gasteiger partial charge on any atom is 0.234 e. The zero-order chi connectivity index (χ0) is 30.8. The first-order valence-electron chi connectivity index (χ1n) is 16.4. The molecule has 2 aromatic carbocycles. The molecule has 2 atom stereocenters. The lowest BCUT2D eigenvalue weighted by atomic mass is 9.83. The Kier molecular flexibility index (Phi) is 9.62. The van der Waals surface area contributed by atoms with Gasteiger partial charge in [-0.25, -0.2) is 4.98 Å². The van der Waals surface area contributed by atoms with Crippen LogP contribution in [0.4, 0.5) is 5.95 Å². The Bertz CT molecular complexity index is 1490. The van der Waals surface area contributed by atoms with E-state index < -0.39 is 0 Å². The third kappa shape index (κ3) is 6.99. The van der Waals surface area contributed by atoms with Gasteiger partial charge in [-0.1, -0.05) is 41.4 Å². The molecule has 1 aromatic heterocycles. The smallest absolute Gasteiger partial charge is 0.234 e. The van der Waals surface area contributed by atoms with Gasteiger partial charge in [0.2, 0.25) is 17.8 Å². The van der Waals surface area contributed by atoms with E-state index in [4.69, 9.17) is 9.72 Å². The van der Waals surface area contributed by atoms with E-state index in [9.17, 15) is 9.59 Å². The van der Waals surface area contributed by atoms with Crippen LogP contribution in [0.5, 0.6) is 5.75 Å². The molecule has 6 rings (SSSR count). The van der Waals surface area contributed by atoms with Crippen LogP contribution in [-0.2, 0) is 16.6 Å². The van der Waals surface area contributed by atoms with Crippen LogP contribution in [0.3, 0.4) is 0 Å². The number of ether oxygens (including phenoxy) is 1. The van der Waals surface area contributed by atoms with E-state index in [1.165, 1.54) is 31.2 Å². The van der Waals surface area contributed by atoms with Crippen LogP contribution in [0.2, 0.25) is 0 Å². The molecule has 44 heavy (non-hydrogen) atoms. The number of halogens is 1. The largest absolute Gasteiger partial charge is 0.490 e. The molecule has 0 spiro atoms. The number of nitrogens with one attached hydrogen (secondary N) is 1. The topological polar surface area (TPSA) is 79.7 Å². The SMILES string of the molecule is Cc1c(Br)cccc1OC1CCC(CC[C@H](C)CN2CCN(c3nc4ccc(C5CCC(=O)NC5=O)cc4n3C)CC2)CC1. The maximum absolute atomic E-state index is 12.4. The van der Waals surface area contributed by atoms with Crippen molar-refractivity contribution in [3.8, 4) is 5.75 Å². The molecule has 3 fully saturated rings. The monoisotopic (exact) mass is 663 g/mol. The van der Waals surface area contributed by atoms with Gasteiger partial charge in [0.25, 0.3) is 0 Å². The zero-order valence-electron chi connectivity index (χ0n) is 26.4. The number of piperazine rings is 1. The molecule has 2 amide bonds. The standard InChI is InChI=1S/C35H46BrN5O3/c1-23(7-8-25-9-12-27(13-10-25)44-32-6-4-5-29(36)24(32)2)22-40-17-19-41(20-18-40)35-37-30-15-11-26(21-31(30)39(35)3)28-14-16-33(42)38-34(28)43/h4-6,11,15,21,23,25,27-28H,7-10,12-14,16-20,22H2,1-3H3,(H,38,42,43)/t23-,25?,27?,28?/m0/s1. The lowest BCUT2D eigenvalue weighted by Gasteiger charge is -2.36. The highest BCUT2D eigenvalue weighted by molar-refractivity contribution is 9.10. The molecule has 0 radical (unpaired) electrons. The van der Waals surface area contributed by atoms with E-state index in [2.05, 4.69) is 80.8 Å². The van der Waals surface area contributed by atoms with Gasteiger partial charge < -0.3 is 14.2 Å². The van der Waals surface area contributed by atoms with E-state index in [0.717, 1.165) is 84.3 Å². The summed E-state index contributed by atoms with van der Waals surface area (Å²) in [6, 6.07) is 12.3. The Labute approximate surface area is 269 Å². The highest BCUT2D eigenvalue weighted by Gasteiger charge is 2.29. The normalized spacial score (nSPS) is 24.0. The number of hydrogen-bond donors (Lipinski definition) is 1. The molecule has 1 unspecified atom stereocenters. The van der Waals surface area contributed by atoms with Gasteiger partial charge in [0.15, 0.2) is 0 Å². The van der Waals surface area contributed by atoms with Crippen LogP contribution < -0.4 is 15.0 Å². The van der Waals surface area contributed by atoms with Gasteiger partial charge in [-0.15, -0.1) is 0 Å². The number of hydrogen-bond acceptors (Lipinski definition) is 6. The van der Waals surface area contributed by atoms with E-state index in [1.54, 1.807) is 0 Å². The van der Waals surface area contributed by atoms with Gasteiger partial charge in [0.05, 0.1) is 23.1 Å². The van der Waals surface area contributed by atoms with Crippen molar-refractivity contribution in [3.63, 3.8) is 0 Å². The molecule has 1 saturated carbocycles. The number of anilines is 1. The Balaban J connectivity index is 0.943. The predicted octanol–water partition coefficient (Wildman–Crippen LogP) is 6.34. The number of carbonyl (C=O) groups is 2. The summed E-state index contributed by atoms with van der Waals surface area (Å²) < 4.78 is 9.64. The number of benzene rings is 2. The van der Waals surface area contributed by atoms with Crippen molar-refractivity contribution >= 4 is 44.7 Å². The van der Waals surface area contributed by atoms with Crippen molar-refractivity contribution in [2.24, 2.45) is 18.9 Å². The summed E-state index contributed by atoms with van der Waals surface area (Å²) in [6.45, 7) is 9.72. The fourth-order valence-corrected chi connectivity index (χ4v) is 7.67. The molecular weight excluding hydrogens is 618 g/mol. The van der Waals surface area contributed by atoms with Crippen molar-refractivity contribution < 1.29 is 14.3 Å². The van der Waals surface area contributed by atoms with Crippen LogP contribution in [0.15, 0.2) is 40.9 Å². The first-order chi connectivity index (χ1) is 21.2. The fourth-order valence-electron chi connectivity index (χ4n) is 7.32. The molecule has 2 saturated heterocycles. The van der Waals surface area contributed by atoms with Gasteiger partial charge in [-0.3, -0.25) is 19.8 Å². The quantitative estimate of drug-likeness (QED) is 0.269. The van der Waals surface area contributed by atoms with Gasteiger partial charge in [0, 0.05) is 56.2 Å². The zero-order valence-corrected chi connectivity index (χ0v) is 27.9. The Morgan fingerprint density at radius 2 is 1.82 bits per heavy atom. The molecule has 3 aliphatic rings. The number of fused-ring (bicyclic) bond motifs is 1. The van der Waals surface area contributed by atoms with Crippen LogP contribution >= 0.6 is 15.9 Å². The van der Waals surface area contributed by atoms with Gasteiger partial charge in [0.1, 0.15) is 5.75 Å². The predicted molar refractivity (Wildman–Crippen MR) is 178 cm³/mol. The molecule has 3 heterocycles. The molecule has 8 nitrogen and oxygen atoms in total. The number of aryl methyl sites for hydroxylation is 1. The summed E-state index contributed by atoms with van der Waals surface area (Å²) >= 11 is 3.62. The number of rotatable bonds is 9. The van der Waals surface area contributed by atoms with Crippen LogP contribution in [-0.4, -0.2) is 65.1 Å². The van der Waals surface area contributed by atoms with Gasteiger partial charge in [-0.05, 0) is 87.1 Å². The number of nitrogens with zero attached hydrogens (tertiary/aromatic N) is 4. The Hall–Kier alpha value is -2.91. The molecule has 236 valence electrons. The molecule has 2 aliphatic heterocycles. The highest BCUT2D eigenvalue weighted by Crippen LogP contribution is 2.34. The van der Waals surface area contributed by atoms with E-state index >= 15 is 0 Å². The Morgan fingerprint density at radius 1 is 1.05 bits per heavy atom. The van der Waals surface area contributed by atoms with Crippen LogP contribution in [0.25, 0.3) is 11.0 Å². The summed E-state index contributed by atoms with van der Waals surface area (Å²) in [7, 11) is 2.06. The van der Waals surface area contributed by atoms with Crippen molar-refractivity contribution in [3.05, 3.63) is 52.0 Å². The number of imidazole rings is 1. The molecule has 1 aliphatic carbocycles. The number of aromatic nitrogens is 2. The first kappa shape index (κ1) is 31.1. The summed E-state index contributed by atoms with van der Waals surface area (Å²) in [5.74, 6) is 2.87. The van der Waals surface area contributed by atoms with Crippen molar-refractivity contribution in [1.29, 1.82) is 0 Å². The number of carbonyl (C=O) groups excluding carboxylic acids is 2. The van der Waals surface area contributed by atoms with Gasteiger partial charge in [-0.2, -0.15) is 0 Å². The second-order valence-electron chi connectivity index (χ2n) is 13.3. The minimum atomic E-state index is -0.281. The number of piperidine rings is 1. The van der Waals surface area contributed by atoms with E-state index in [0.29, 0.717) is 24.9 Å². The molecular formula is C35H46BrN5O3. The highest BCUT2D eigenvalue weighted by atomic mass is 79.9. The average Bonchev–Trinajstić information content (AvgIpc) is 3.35. The minimum Gasteiger partial charge on any atom is -0.490 e. The third-order valence-electron chi connectivity index (χ3n) is 10.1. The minimum absolute atomic E-state index is 0.180. The maximum atomic E-state index is 12.4. The average molecular weight is 665 g/mol.